The van der Waals surface area contributed by atoms with E-state index in [9.17, 15) is 38.4 Å². The van der Waals surface area contributed by atoms with E-state index in [1.54, 1.807) is 36.5 Å². The monoisotopic (exact) mass is 1060 g/mol. The zero-order valence-electron chi connectivity index (χ0n) is 41.4. The lowest BCUT2D eigenvalue weighted by molar-refractivity contribution is -0.135. The van der Waals surface area contributed by atoms with Crippen LogP contribution in [0.25, 0.3) is 10.9 Å². The van der Waals surface area contributed by atoms with E-state index in [2.05, 4.69) is 82.4 Å². The van der Waals surface area contributed by atoms with E-state index in [0.717, 1.165) is 22.9 Å². The van der Waals surface area contributed by atoms with Crippen molar-refractivity contribution in [3.05, 3.63) is 90.1 Å². The summed E-state index contributed by atoms with van der Waals surface area (Å²) in [5.41, 5.74) is 25.2. The average Bonchev–Trinajstić information content (AvgIpc) is 4.06. The summed E-state index contributed by atoms with van der Waals surface area (Å²) in [4.78, 5) is 122. The standard InChI is InChI=1S/C49H71N15O8S2/c1-2-3-15-33(50)43(67)64-40(27-74)48(72)63-38(23-31-25-54-28-58-31)47(71)61-36(21-29-12-5-4-6-13-29)46(70)60-35(17-11-20-56-49(52)53)45(69)62-37(22-30-24-57-34-16-8-7-14-32(30)34)44(68)55-19-10-9-18-41(65)59-39(26-73)42(51)66/h4-8,12-14,16,24-25,28,33,35-40,57,73-74H,2-3,9-11,15,17-23,26-27,50H2,1H3,(H2,51,66)(H,54,58)(H,55,68)(H,59,65)(H,60,70)(H,61,71)(H,62,69)(H,63,72)(H,64,67)(H4,52,53,56)/t33-,35-,36+,37-,38-,39-,40-/m0/s1. The summed E-state index contributed by atoms with van der Waals surface area (Å²) in [6.45, 7) is 2.19. The first-order valence-corrected chi connectivity index (χ1v) is 25.8. The number of nitrogens with one attached hydrogen (secondary N) is 9. The molecule has 4 rings (SSSR count). The van der Waals surface area contributed by atoms with Gasteiger partial charge in [-0.2, -0.15) is 25.3 Å². The van der Waals surface area contributed by atoms with Gasteiger partial charge in [0.25, 0.3) is 0 Å². The molecule has 23 nitrogen and oxygen atoms in total. The maximum Gasteiger partial charge on any atom is 0.244 e. The third kappa shape index (κ3) is 20.1. The van der Waals surface area contributed by atoms with E-state index in [0.29, 0.717) is 36.9 Å². The number of H-pyrrole nitrogens is 2. The molecule has 0 spiro atoms. The Bertz CT molecular complexity index is 2490. The van der Waals surface area contributed by atoms with Crippen LogP contribution in [-0.4, -0.2) is 135 Å². The molecule has 0 saturated heterocycles. The van der Waals surface area contributed by atoms with Gasteiger partial charge in [0.1, 0.15) is 36.3 Å². The number of carbonyl (C=O) groups excluding carboxylic acids is 8. The molecule has 74 heavy (non-hydrogen) atoms. The van der Waals surface area contributed by atoms with Crippen LogP contribution < -0.4 is 60.2 Å². The maximum absolute atomic E-state index is 14.6. The van der Waals surface area contributed by atoms with E-state index in [-0.39, 0.29) is 69.1 Å². The van der Waals surface area contributed by atoms with Crippen molar-refractivity contribution in [1.82, 2.24) is 52.2 Å². The molecule has 4 aromatic rings. The normalized spacial score (nSPS) is 13.9. The molecule has 8 amide bonds. The van der Waals surface area contributed by atoms with Crippen molar-refractivity contribution < 1.29 is 38.4 Å². The van der Waals surface area contributed by atoms with Gasteiger partial charge in [-0.1, -0.05) is 68.3 Å². The minimum absolute atomic E-state index is 0.00881. The number of nitrogens with two attached hydrogens (primary N) is 4. The lowest BCUT2D eigenvalue weighted by Crippen LogP contribution is -2.60. The summed E-state index contributed by atoms with van der Waals surface area (Å²) in [5.74, 6) is -5.46. The number of unbranched alkanes of at least 4 members (excludes halogenated alkanes) is 2. The summed E-state index contributed by atoms with van der Waals surface area (Å²) < 4.78 is 0. The van der Waals surface area contributed by atoms with Crippen LogP contribution in [0.2, 0.25) is 0 Å². The van der Waals surface area contributed by atoms with Crippen molar-refractivity contribution >= 4 is 89.4 Å². The highest BCUT2D eigenvalue weighted by molar-refractivity contribution is 7.80. The van der Waals surface area contributed by atoms with Crippen LogP contribution in [0, 0.1) is 0 Å². The van der Waals surface area contributed by atoms with Gasteiger partial charge in [-0.25, -0.2) is 4.98 Å². The number of carbonyl (C=O) groups is 8. The minimum atomic E-state index is -1.33. The van der Waals surface area contributed by atoms with Crippen molar-refractivity contribution in [2.75, 3.05) is 24.6 Å². The van der Waals surface area contributed by atoms with Gasteiger partial charge in [0.05, 0.1) is 12.4 Å². The zero-order chi connectivity index (χ0) is 54.0. The Morgan fingerprint density at radius 2 is 1.24 bits per heavy atom. The molecule has 0 fully saturated rings. The van der Waals surface area contributed by atoms with E-state index in [4.69, 9.17) is 22.9 Å². The maximum atomic E-state index is 14.6. The smallest absolute Gasteiger partial charge is 0.244 e. The number of benzene rings is 2. The Kier molecular flexibility index (Phi) is 25.3. The van der Waals surface area contributed by atoms with E-state index in [1.807, 2.05) is 31.2 Å². The van der Waals surface area contributed by atoms with Gasteiger partial charge < -0.3 is 70.1 Å². The van der Waals surface area contributed by atoms with Crippen LogP contribution >= 0.6 is 25.3 Å². The molecule has 0 aliphatic carbocycles. The number of amides is 8. The number of imidazole rings is 1. The van der Waals surface area contributed by atoms with Crippen molar-refractivity contribution in [3.8, 4) is 0 Å². The van der Waals surface area contributed by atoms with E-state index >= 15 is 0 Å². The molecule has 2 heterocycles. The SMILES string of the molecule is CCCC[C@H](N)C(=O)N[C@@H](CS)C(=O)N[C@@H](Cc1cnc[nH]1)C(=O)N[C@H](Cc1ccccc1)C(=O)N[C@@H](CCCN=C(N)N)C(=O)N[C@@H](Cc1c[nH]c2ccccc12)C(=O)NCCCCC(=O)N[C@@H](CS)C(N)=O. The van der Waals surface area contributed by atoms with Gasteiger partial charge >= 0.3 is 0 Å². The molecule has 0 aliphatic rings. The highest BCUT2D eigenvalue weighted by Gasteiger charge is 2.34. The van der Waals surface area contributed by atoms with Crippen molar-refractivity contribution in [2.24, 2.45) is 27.9 Å². The zero-order valence-corrected chi connectivity index (χ0v) is 43.2. The third-order valence-electron chi connectivity index (χ3n) is 11.8. The predicted octanol–water partition coefficient (Wildman–Crippen LogP) is -0.970. The van der Waals surface area contributed by atoms with E-state index < -0.39 is 89.6 Å². The van der Waals surface area contributed by atoms with Crippen LogP contribution in [0.4, 0.5) is 0 Å². The molecular formula is C49H71N15O8S2. The summed E-state index contributed by atoms with van der Waals surface area (Å²) in [6.07, 6.45) is 7.41. The first-order valence-electron chi connectivity index (χ1n) is 24.5. The Morgan fingerprint density at radius 1 is 0.635 bits per heavy atom. The Hall–Kier alpha value is -7.12. The number of fused-ring (bicyclic) bond motifs is 1. The number of para-hydroxylation sites is 1. The number of rotatable bonds is 33. The first-order chi connectivity index (χ1) is 35.5. The van der Waals surface area contributed by atoms with Gasteiger partial charge in [-0.05, 0) is 49.3 Å². The number of hydrogen-bond donors (Lipinski definition) is 15. The number of aromatic nitrogens is 3. The van der Waals surface area contributed by atoms with Gasteiger partial charge in [-0.15, -0.1) is 0 Å². The predicted molar refractivity (Wildman–Crippen MR) is 287 cm³/mol. The van der Waals surface area contributed by atoms with Crippen molar-refractivity contribution in [3.63, 3.8) is 0 Å². The fourth-order valence-corrected chi connectivity index (χ4v) is 8.25. The van der Waals surface area contributed by atoms with Gasteiger partial charge in [0, 0.05) is 79.3 Å². The molecule has 2 aromatic heterocycles. The van der Waals surface area contributed by atoms with Gasteiger partial charge in [-0.3, -0.25) is 43.3 Å². The molecule has 0 radical (unpaired) electrons. The Balaban J connectivity index is 1.59. The highest BCUT2D eigenvalue weighted by atomic mass is 32.1. The number of thiol groups is 2. The number of aliphatic imine (C=N–C) groups is 1. The quantitative estimate of drug-likeness (QED) is 0.0119. The van der Waals surface area contributed by atoms with Gasteiger partial charge in [0.15, 0.2) is 5.96 Å². The van der Waals surface area contributed by atoms with Crippen molar-refractivity contribution in [2.45, 2.75) is 120 Å². The second kappa shape index (κ2) is 31.5. The number of aromatic amines is 2. The molecule has 7 atom stereocenters. The van der Waals surface area contributed by atoms with Crippen LogP contribution in [-0.2, 0) is 57.6 Å². The number of guanidine groups is 1. The number of hydrogen-bond acceptors (Lipinski definition) is 13. The summed E-state index contributed by atoms with van der Waals surface area (Å²) >= 11 is 8.33. The topological polar surface area (TPSA) is 382 Å². The fourth-order valence-electron chi connectivity index (χ4n) is 7.72. The molecule has 0 saturated carbocycles. The molecule has 0 aliphatic heterocycles. The molecule has 0 bridgehead atoms. The summed E-state index contributed by atoms with van der Waals surface area (Å²) in [6, 6.07) is 8.20. The van der Waals surface area contributed by atoms with Crippen LogP contribution in [0.5, 0.6) is 0 Å². The molecule has 25 heteroatoms. The molecule has 2 aromatic carbocycles. The summed E-state index contributed by atoms with van der Waals surface area (Å²) in [5, 5.41) is 19.9. The molecule has 17 N–H and O–H groups in total. The fraction of sp³-hybridized carbons (Fsp3) is 0.469. The lowest BCUT2D eigenvalue weighted by Gasteiger charge is -2.27. The first kappa shape index (κ1) is 59.4. The average molecular weight is 1060 g/mol. The molecular weight excluding hydrogens is 991 g/mol. The van der Waals surface area contributed by atoms with Crippen molar-refractivity contribution in [1.29, 1.82) is 0 Å². The van der Waals surface area contributed by atoms with Crippen LogP contribution in [0.15, 0.2) is 78.3 Å². The second-order valence-corrected chi connectivity index (χ2v) is 18.4. The number of nitrogens with zero attached hydrogens (tertiary/aromatic N) is 2. The second-order valence-electron chi connectivity index (χ2n) is 17.7. The van der Waals surface area contributed by atoms with Crippen LogP contribution in [0.3, 0.4) is 0 Å². The highest BCUT2D eigenvalue weighted by Crippen LogP contribution is 2.20. The Morgan fingerprint density at radius 3 is 1.88 bits per heavy atom. The largest absolute Gasteiger partial charge is 0.370 e. The summed E-state index contributed by atoms with van der Waals surface area (Å²) in [7, 11) is 0. The lowest BCUT2D eigenvalue weighted by atomic mass is 10.0. The number of primary amides is 1. The minimum Gasteiger partial charge on any atom is -0.370 e. The van der Waals surface area contributed by atoms with Gasteiger partial charge in [0.2, 0.25) is 47.3 Å². The Labute approximate surface area is 440 Å². The molecule has 402 valence electrons. The van der Waals surface area contributed by atoms with Crippen LogP contribution in [0.1, 0.15) is 75.1 Å². The van der Waals surface area contributed by atoms with E-state index in [1.165, 1.54) is 12.5 Å². The third-order valence-corrected chi connectivity index (χ3v) is 12.6. The molecule has 0 unspecified atom stereocenters.